The highest BCUT2D eigenvalue weighted by atomic mass is 19.2. The van der Waals surface area contributed by atoms with E-state index in [1.807, 2.05) is 0 Å². The normalized spacial score (nSPS) is 18.4. The Balaban J connectivity index is 1.46. The van der Waals surface area contributed by atoms with E-state index in [2.05, 4.69) is 15.5 Å². The zero-order chi connectivity index (χ0) is 23.8. The van der Waals surface area contributed by atoms with Gasteiger partial charge in [-0.05, 0) is 42.2 Å². The van der Waals surface area contributed by atoms with Gasteiger partial charge < -0.3 is 10.4 Å². The van der Waals surface area contributed by atoms with Crippen molar-refractivity contribution in [3.05, 3.63) is 77.4 Å². The molecule has 2 N–H and O–H groups in total. The molecule has 1 fully saturated rings. The number of benzene rings is 1. The van der Waals surface area contributed by atoms with Gasteiger partial charge >= 0.3 is 0 Å². The number of fused-ring (bicyclic) bond motifs is 1. The van der Waals surface area contributed by atoms with E-state index in [1.54, 1.807) is 49.8 Å². The minimum atomic E-state index is -0.934. The molecule has 0 saturated heterocycles. The number of nitrogens with one attached hydrogen (secondary N) is 1. The highest BCUT2D eigenvalue weighted by molar-refractivity contribution is 5.94. The lowest BCUT2D eigenvalue weighted by atomic mass is 9.92. The Bertz CT molecular complexity index is 1360. The van der Waals surface area contributed by atoms with E-state index < -0.39 is 17.7 Å². The van der Waals surface area contributed by atoms with Crippen LogP contribution in [0.1, 0.15) is 47.3 Å². The SMILES string of the molecule is Cn1cc(-c2ccc(Cc3cc(C(=O)N[C@H]4CCCC[C@@H]4O)n4ncccc34)c(F)c2F)cn1. The minimum absolute atomic E-state index is 0.0879. The predicted octanol–water partition coefficient (Wildman–Crippen LogP) is 3.64. The summed E-state index contributed by atoms with van der Waals surface area (Å²) in [5, 5.41) is 21.4. The first-order chi connectivity index (χ1) is 16.4. The molecule has 0 spiro atoms. The number of carbonyl (C=O) groups is 1. The first kappa shape index (κ1) is 22.2. The van der Waals surface area contributed by atoms with Gasteiger partial charge in [0.05, 0.1) is 23.9 Å². The van der Waals surface area contributed by atoms with Gasteiger partial charge in [0.15, 0.2) is 11.6 Å². The maximum atomic E-state index is 15.0. The number of halogens is 2. The fraction of sp³-hybridized carbons (Fsp3) is 0.320. The second kappa shape index (κ2) is 8.98. The largest absolute Gasteiger partial charge is 0.391 e. The van der Waals surface area contributed by atoms with Crippen molar-refractivity contribution < 1.29 is 18.7 Å². The van der Waals surface area contributed by atoms with Crippen molar-refractivity contribution in [3.8, 4) is 11.1 Å². The van der Waals surface area contributed by atoms with Crippen molar-refractivity contribution in [2.75, 3.05) is 0 Å². The van der Waals surface area contributed by atoms with E-state index in [4.69, 9.17) is 0 Å². The fourth-order valence-corrected chi connectivity index (χ4v) is 4.65. The van der Waals surface area contributed by atoms with Crippen LogP contribution in [0.5, 0.6) is 0 Å². The summed E-state index contributed by atoms with van der Waals surface area (Å²) in [5.74, 6) is -2.22. The molecule has 1 saturated carbocycles. The quantitative estimate of drug-likeness (QED) is 0.471. The minimum Gasteiger partial charge on any atom is -0.391 e. The third-order valence-electron chi connectivity index (χ3n) is 6.46. The number of carbonyl (C=O) groups excluding carboxylic acids is 1. The molecule has 1 aliphatic rings. The van der Waals surface area contributed by atoms with Crippen LogP contribution >= 0.6 is 0 Å². The molecule has 7 nitrogen and oxygen atoms in total. The van der Waals surface area contributed by atoms with Crippen LogP contribution in [-0.4, -0.2) is 42.6 Å². The number of rotatable bonds is 5. The smallest absolute Gasteiger partial charge is 0.270 e. The van der Waals surface area contributed by atoms with Gasteiger partial charge in [0.25, 0.3) is 5.91 Å². The predicted molar refractivity (Wildman–Crippen MR) is 122 cm³/mol. The van der Waals surface area contributed by atoms with Crippen LogP contribution < -0.4 is 5.32 Å². The molecule has 0 unspecified atom stereocenters. The number of aromatic nitrogens is 4. The summed E-state index contributed by atoms with van der Waals surface area (Å²) in [6.45, 7) is 0. The van der Waals surface area contributed by atoms with Crippen LogP contribution in [0, 0.1) is 11.6 Å². The molecule has 3 heterocycles. The molecule has 3 aromatic heterocycles. The monoisotopic (exact) mass is 465 g/mol. The van der Waals surface area contributed by atoms with Gasteiger partial charge in [-0.1, -0.05) is 25.0 Å². The number of hydrogen-bond donors (Lipinski definition) is 2. The molecule has 1 amide bonds. The molecule has 176 valence electrons. The Kier molecular flexibility index (Phi) is 5.87. The van der Waals surface area contributed by atoms with Crippen LogP contribution in [-0.2, 0) is 13.5 Å². The number of amides is 1. The van der Waals surface area contributed by atoms with Crippen LogP contribution in [0.3, 0.4) is 0 Å². The number of aliphatic hydroxyl groups is 1. The maximum absolute atomic E-state index is 15.0. The van der Waals surface area contributed by atoms with Crippen molar-refractivity contribution in [3.63, 3.8) is 0 Å². The lowest BCUT2D eigenvalue weighted by Crippen LogP contribution is -2.45. The molecule has 0 bridgehead atoms. The Labute approximate surface area is 195 Å². The molecule has 1 aliphatic carbocycles. The molecule has 1 aromatic carbocycles. The Morgan fingerprint density at radius 1 is 1.15 bits per heavy atom. The summed E-state index contributed by atoms with van der Waals surface area (Å²) in [6.07, 6.45) is 7.43. The Morgan fingerprint density at radius 3 is 2.74 bits per heavy atom. The van der Waals surface area contributed by atoms with E-state index in [-0.39, 0.29) is 35.2 Å². The van der Waals surface area contributed by atoms with Crippen LogP contribution in [0.15, 0.2) is 48.9 Å². The van der Waals surface area contributed by atoms with Crippen LogP contribution in [0.4, 0.5) is 8.78 Å². The number of aryl methyl sites for hydroxylation is 1. The lowest BCUT2D eigenvalue weighted by molar-refractivity contribution is 0.0712. The van der Waals surface area contributed by atoms with Gasteiger partial charge in [0, 0.05) is 37.0 Å². The zero-order valence-electron chi connectivity index (χ0n) is 18.7. The second-order valence-electron chi connectivity index (χ2n) is 8.79. The lowest BCUT2D eigenvalue weighted by Gasteiger charge is -2.28. The molecular weight excluding hydrogens is 440 g/mol. The van der Waals surface area contributed by atoms with Crippen molar-refractivity contribution in [1.82, 2.24) is 24.7 Å². The molecule has 0 aliphatic heterocycles. The highest BCUT2D eigenvalue weighted by Gasteiger charge is 2.27. The molecule has 2 atom stereocenters. The van der Waals surface area contributed by atoms with Gasteiger partial charge in [-0.25, -0.2) is 13.3 Å². The van der Waals surface area contributed by atoms with Crippen molar-refractivity contribution >= 4 is 11.4 Å². The second-order valence-corrected chi connectivity index (χ2v) is 8.79. The first-order valence-corrected chi connectivity index (χ1v) is 11.3. The molecule has 5 rings (SSSR count). The van der Waals surface area contributed by atoms with Gasteiger partial charge in [-0.3, -0.25) is 9.48 Å². The van der Waals surface area contributed by atoms with Crippen LogP contribution in [0.25, 0.3) is 16.6 Å². The maximum Gasteiger partial charge on any atom is 0.270 e. The fourth-order valence-electron chi connectivity index (χ4n) is 4.65. The van der Waals surface area contributed by atoms with E-state index in [0.29, 0.717) is 29.5 Å². The summed E-state index contributed by atoms with van der Waals surface area (Å²) in [6, 6.07) is 7.95. The topological polar surface area (TPSA) is 84.5 Å². The third kappa shape index (κ3) is 4.07. The molecular formula is C25H25F2N5O2. The van der Waals surface area contributed by atoms with Crippen molar-refractivity contribution in [2.45, 2.75) is 44.2 Å². The van der Waals surface area contributed by atoms with Crippen molar-refractivity contribution in [2.24, 2.45) is 7.05 Å². The van der Waals surface area contributed by atoms with E-state index >= 15 is 4.39 Å². The van der Waals surface area contributed by atoms with Gasteiger partial charge in [-0.15, -0.1) is 0 Å². The summed E-state index contributed by atoms with van der Waals surface area (Å²) in [7, 11) is 1.71. The van der Waals surface area contributed by atoms with Crippen molar-refractivity contribution in [1.29, 1.82) is 0 Å². The third-order valence-corrected chi connectivity index (χ3v) is 6.46. The number of aliphatic hydroxyl groups excluding tert-OH is 1. The summed E-state index contributed by atoms with van der Waals surface area (Å²) < 4.78 is 32.9. The summed E-state index contributed by atoms with van der Waals surface area (Å²) >= 11 is 0. The molecule has 0 radical (unpaired) electrons. The van der Waals surface area contributed by atoms with Gasteiger partial charge in [0.1, 0.15) is 5.69 Å². The van der Waals surface area contributed by atoms with Gasteiger partial charge in [-0.2, -0.15) is 10.2 Å². The molecule has 4 aromatic rings. The molecule has 9 heteroatoms. The first-order valence-electron chi connectivity index (χ1n) is 11.3. The van der Waals surface area contributed by atoms with Gasteiger partial charge in [0.2, 0.25) is 0 Å². The number of hydrogen-bond acceptors (Lipinski definition) is 4. The van der Waals surface area contributed by atoms with E-state index in [1.165, 1.54) is 15.4 Å². The zero-order valence-corrected chi connectivity index (χ0v) is 18.7. The summed E-state index contributed by atoms with van der Waals surface area (Å²) in [4.78, 5) is 13.0. The average Bonchev–Trinajstić information content (AvgIpc) is 3.42. The Morgan fingerprint density at radius 2 is 1.97 bits per heavy atom. The summed E-state index contributed by atoms with van der Waals surface area (Å²) in [5.41, 5.74) is 2.38. The van der Waals surface area contributed by atoms with E-state index in [9.17, 15) is 14.3 Å². The Hall–Kier alpha value is -3.59. The standard InChI is InChI=1S/C25H25F2N5O2/c1-31-14-17(13-29-31)18-9-8-15(23(26)24(18)27)11-16-12-21(32-20(16)6-4-10-28-32)25(34)30-19-5-2-3-7-22(19)33/h4,6,8-10,12-14,19,22,33H,2-3,5,7,11H2,1H3,(H,30,34)/t19-,22-/m0/s1. The number of nitrogens with zero attached hydrogens (tertiary/aromatic N) is 4. The highest BCUT2D eigenvalue weighted by Crippen LogP contribution is 2.29. The molecule has 34 heavy (non-hydrogen) atoms. The average molecular weight is 466 g/mol. The van der Waals surface area contributed by atoms with E-state index in [0.717, 1.165) is 12.8 Å². The van der Waals surface area contributed by atoms with Crippen LogP contribution in [0.2, 0.25) is 0 Å².